The summed E-state index contributed by atoms with van der Waals surface area (Å²) < 4.78 is 4.59. The molecule has 0 aromatic heterocycles. The molecule has 0 aliphatic rings. The second kappa shape index (κ2) is 4.58. The number of methoxy groups -OCH3 is 1. The molecule has 0 amide bonds. The summed E-state index contributed by atoms with van der Waals surface area (Å²) in [4.78, 5) is 11.3. The summed E-state index contributed by atoms with van der Waals surface area (Å²) in [5.74, 6) is -0.502. The predicted octanol–water partition coefficient (Wildman–Crippen LogP) is 1.11. The average Bonchev–Trinajstić information content (AvgIpc) is 2.27. The molecular formula is C11H12N2O2. The number of carbonyl (C=O) groups is 1. The van der Waals surface area contributed by atoms with Gasteiger partial charge in [0, 0.05) is 6.54 Å². The topological polar surface area (TPSA) is 76.1 Å². The fourth-order valence-corrected chi connectivity index (χ4v) is 1.34. The van der Waals surface area contributed by atoms with Gasteiger partial charge in [-0.2, -0.15) is 5.26 Å². The highest BCUT2D eigenvalue weighted by molar-refractivity contribution is 5.92. The van der Waals surface area contributed by atoms with Crippen molar-refractivity contribution in [1.82, 2.24) is 0 Å². The molecule has 1 aromatic rings. The summed E-state index contributed by atoms with van der Waals surface area (Å²) in [6, 6.07) is 5.21. The zero-order valence-corrected chi connectivity index (χ0v) is 8.70. The van der Waals surface area contributed by atoms with Gasteiger partial charge < -0.3 is 10.5 Å². The third kappa shape index (κ3) is 2.14. The molecule has 2 N–H and O–H groups in total. The summed E-state index contributed by atoms with van der Waals surface area (Å²) in [7, 11) is 1.29. The van der Waals surface area contributed by atoms with Gasteiger partial charge in [0.05, 0.1) is 18.2 Å². The fourth-order valence-electron chi connectivity index (χ4n) is 1.34. The Hall–Kier alpha value is -1.86. The Morgan fingerprint density at radius 1 is 1.60 bits per heavy atom. The normalized spacial score (nSPS) is 9.47. The van der Waals surface area contributed by atoms with Gasteiger partial charge in [0.2, 0.25) is 0 Å². The minimum Gasteiger partial charge on any atom is -0.465 e. The highest BCUT2D eigenvalue weighted by Gasteiger charge is 2.13. The van der Waals surface area contributed by atoms with E-state index in [2.05, 4.69) is 4.74 Å². The number of hydrogen-bond donors (Lipinski definition) is 1. The van der Waals surface area contributed by atoms with Crippen LogP contribution in [0.15, 0.2) is 12.1 Å². The first-order chi connectivity index (χ1) is 7.13. The van der Waals surface area contributed by atoms with Crippen LogP contribution in [-0.4, -0.2) is 13.1 Å². The number of benzene rings is 1. The lowest BCUT2D eigenvalue weighted by Gasteiger charge is -2.07. The lowest BCUT2D eigenvalue weighted by Crippen LogP contribution is -2.08. The van der Waals surface area contributed by atoms with Crippen LogP contribution in [0.25, 0.3) is 0 Å². The zero-order valence-electron chi connectivity index (χ0n) is 8.70. The van der Waals surface area contributed by atoms with Gasteiger partial charge in [0.25, 0.3) is 0 Å². The van der Waals surface area contributed by atoms with Crippen molar-refractivity contribution in [2.24, 2.45) is 5.73 Å². The van der Waals surface area contributed by atoms with Gasteiger partial charge >= 0.3 is 5.97 Å². The van der Waals surface area contributed by atoms with Crippen LogP contribution in [0.4, 0.5) is 0 Å². The van der Waals surface area contributed by atoms with Crippen LogP contribution in [0.5, 0.6) is 0 Å². The van der Waals surface area contributed by atoms with Crippen LogP contribution in [0, 0.1) is 18.3 Å². The Balaban J connectivity index is 3.35. The molecule has 1 rings (SSSR count). The number of esters is 1. The van der Waals surface area contributed by atoms with E-state index in [1.807, 2.05) is 13.0 Å². The highest BCUT2D eigenvalue weighted by Crippen LogP contribution is 2.16. The summed E-state index contributed by atoms with van der Waals surface area (Å²) in [5, 5.41) is 8.88. The molecule has 78 valence electrons. The van der Waals surface area contributed by atoms with Crippen LogP contribution in [0.3, 0.4) is 0 Å². The van der Waals surface area contributed by atoms with E-state index in [0.29, 0.717) is 12.1 Å². The van der Waals surface area contributed by atoms with Crippen LogP contribution in [0.2, 0.25) is 0 Å². The second-order valence-corrected chi connectivity index (χ2v) is 3.13. The van der Waals surface area contributed by atoms with E-state index in [-0.39, 0.29) is 5.56 Å². The molecule has 0 saturated carbocycles. The molecule has 0 aliphatic heterocycles. The van der Waals surface area contributed by atoms with Gasteiger partial charge in [-0.1, -0.05) is 0 Å². The monoisotopic (exact) mass is 204 g/mol. The molecule has 0 aliphatic carbocycles. The molecule has 0 saturated heterocycles. The van der Waals surface area contributed by atoms with Gasteiger partial charge in [-0.25, -0.2) is 4.79 Å². The molecule has 15 heavy (non-hydrogen) atoms. The van der Waals surface area contributed by atoms with Crippen molar-refractivity contribution in [3.63, 3.8) is 0 Å². The minimum atomic E-state index is -0.502. The summed E-state index contributed by atoms with van der Waals surface area (Å²) >= 11 is 0. The van der Waals surface area contributed by atoms with Gasteiger partial charge in [0.1, 0.15) is 6.07 Å². The van der Waals surface area contributed by atoms with E-state index in [0.717, 1.165) is 11.1 Å². The number of nitrogens with two attached hydrogens (primary N) is 1. The van der Waals surface area contributed by atoms with E-state index in [9.17, 15) is 4.79 Å². The van der Waals surface area contributed by atoms with Crippen molar-refractivity contribution in [2.45, 2.75) is 13.5 Å². The molecule has 0 fully saturated rings. The molecule has 1 aromatic carbocycles. The van der Waals surface area contributed by atoms with Crippen molar-refractivity contribution >= 4 is 5.97 Å². The maximum Gasteiger partial charge on any atom is 0.339 e. The van der Waals surface area contributed by atoms with Crippen LogP contribution >= 0.6 is 0 Å². The molecule has 0 heterocycles. The van der Waals surface area contributed by atoms with Crippen LogP contribution in [-0.2, 0) is 11.3 Å². The van der Waals surface area contributed by atoms with Gasteiger partial charge in [0.15, 0.2) is 0 Å². The molecule has 0 atom stereocenters. The Morgan fingerprint density at radius 2 is 2.27 bits per heavy atom. The molecular weight excluding hydrogens is 192 g/mol. The Kier molecular flexibility index (Phi) is 3.42. The minimum absolute atomic E-state index is 0.287. The highest BCUT2D eigenvalue weighted by atomic mass is 16.5. The first-order valence-corrected chi connectivity index (χ1v) is 4.46. The standard InChI is InChI=1S/C11H12N2O2/c1-7-3-10(11(14)15-2)9(6-13)4-8(7)5-12/h3-4H,5,12H2,1-2H3. The number of aryl methyl sites for hydroxylation is 1. The van der Waals surface area contributed by atoms with Gasteiger partial charge in [-0.15, -0.1) is 0 Å². The second-order valence-electron chi connectivity index (χ2n) is 3.13. The first-order valence-electron chi connectivity index (χ1n) is 4.46. The van der Waals surface area contributed by atoms with Gasteiger partial charge in [-0.3, -0.25) is 0 Å². The number of ether oxygens (including phenoxy) is 1. The largest absolute Gasteiger partial charge is 0.465 e. The predicted molar refractivity (Wildman–Crippen MR) is 55.1 cm³/mol. The number of nitrogens with zero attached hydrogens (tertiary/aromatic N) is 1. The summed E-state index contributed by atoms with van der Waals surface area (Å²) in [6.45, 7) is 2.19. The van der Waals surface area contributed by atoms with E-state index in [1.54, 1.807) is 12.1 Å². The smallest absolute Gasteiger partial charge is 0.339 e. The Bertz CT molecular complexity index is 433. The molecule has 0 radical (unpaired) electrons. The van der Waals surface area contributed by atoms with Crippen molar-refractivity contribution in [3.8, 4) is 6.07 Å². The SMILES string of the molecule is COC(=O)c1cc(C)c(CN)cc1C#N. The van der Waals surface area contributed by atoms with E-state index >= 15 is 0 Å². The zero-order chi connectivity index (χ0) is 11.4. The average molecular weight is 204 g/mol. The van der Waals surface area contributed by atoms with Crippen molar-refractivity contribution < 1.29 is 9.53 Å². The molecule has 0 spiro atoms. The molecule has 0 unspecified atom stereocenters. The Labute approximate surface area is 88.3 Å². The van der Waals surface area contributed by atoms with Crippen molar-refractivity contribution in [2.75, 3.05) is 7.11 Å². The maximum atomic E-state index is 11.3. The number of carbonyl (C=O) groups excluding carboxylic acids is 1. The summed E-state index contributed by atoms with van der Waals surface area (Å²) in [5.41, 5.74) is 7.84. The van der Waals surface area contributed by atoms with Gasteiger partial charge in [-0.05, 0) is 30.2 Å². The number of hydrogen-bond acceptors (Lipinski definition) is 4. The number of rotatable bonds is 2. The van der Waals surface area contributed by atoms with E-state index < -0.39 is 5.97 Å². The quantitative estimate of drug-likeness (QED) is 0.732. The number of nitriles is 1. The molecule has 0 bridgehead atoms. The lowest BCUT2D eigenvalue weighted by atomic mass is 10.00. The molecule has 4 nitrogen and oxygen atoms in total. The fraction of sp³-hybridized carbons (Fsp3) is 0.273. The first kappa shape index (κ1) is 11.2. The van der Waals surface area contributed by atoms with Crippen molar-refractivity contribution in [3.05, 3.63) is 34.4 Å². The van der Waals surface area contributed by atoms with E-state index in [1.165, 1.54) is 7.11 Å². The third-order valence-corrected chi connectivity index (χ3v) is 2.22. The van der Waals surface area contributed by atoms with Crippen LogP contribution < -0.4 is 5.73 Å². The van der Waals surface area contributed by atoms with E-state index in [4.69, 9.17) is 11.0 Å². The van der Waals surface area contributed by atoms with Crippen molar-refractivity contribution in [1.29, 1.82) is 5.26 Å². The molecule has 4 heteroatoms. The lowest BCUT2D eigenvalue weighted by molar-refractivity contribution is 0.0600. The Morgan fingerprint density at radius 3 is 2.73 bits per heavy atom. The maximum absolute atomic E-state index is 11.3. The van der Waals surface area contributed by atoms with Crippen LogP contribution in [0.1, 0.15) is 27.0 Å². The third-order valence-electron chi connectivity index (χ3n) is 2.22. The summed E-state index contributed by atoms with van der Waals surface area (Å²) in [6.07, 6.45) is 0.